The summed E-state index contributed by atoms with van der Waals surface area (Å²) in [5.74, 6) is -0.178. The van der Waals surface area contributed by atoms with E-state index in [9.17, 15) is 4.79 Å². The van der Waals surface area contributed by atoms with Gasteiger partial charge in [0, 0.05) is 34.3 Å². The van der Waals surface area contributed by atoms with Crippen LogP contribution in [0.25, 0.3) is 16.9 Å². The van der Waals surface area contributed by atoms with Crippen LogP contribution >= 0.6 is 34.8 Å². The number of hydrogen-bond donors (Lipinski definition) is 1. The zero-order valence-corrected chi connectivity index (χ0v) is 20.5. The van der Waals surface area contributed by atoms with E-state index in [0.717, 1.165) is 62.0 Å². The number of hydrazine groups is 1. The zero-order valence-electron chi connectivity index (χ0n) is 18.2. The molecule has 0 unspecified atom stereocenters. The van der Waals surface area contributed by atoms with Crippen LogP contribution in [0.3, 0.4) is 0 Å². The number of nitrogens with one attached hydrogen (secondary N) is 1. The number of fused-ring (bicyclic) bond motifs is 3. The summed E-state index contributed by atoms with van der Waals surface area (Å²) in [5, 5.41) is 8.51. The van der Waals surface area contributed by atoms with E-state index in [1.165, 1.54) is 18.4 Å². The first-order valence-corrected chi connectivity index (χ1v) is 12.6. The van der Waals surface area contributed by atoms with Gasteiger partial charge >= 0.3 is 0 Å². The first-order valence-electron chi connectivity index (χ1n) is 11.4. The Morgan fingerprint density at radius 1 is 0.879 bits per heavy atom. The molecule has 33 heavy (non-hydrogen) atoms. The molecule has 5 nitrogen and oxygen atoms in total. The van der Waals surface area contributed by atoms with E-state index >= 15 is 0 Å². The highest BCUT2D eigenvalue weighted by molar-refractivity contribution is 6.35. The first-order chi connectivity index (χ1) is 16.0. The molecule has 1 amide bonds. The second-order valence-electron chi connectivity index (χ2n) is 8.68. The summed E-state index contributed by atoms with van der Waals surface area (Å²) in [6, 6.07) is 11.2. The van der Waals surface area contributed by atoms with Crippen LogP contribution in [0.2, 0.25) is 15.1 Å². The third-order valence-corrected chi connectivity index (χ3v) is 7.18. The Morgan fingerprint density at radius 2 is 1.61 bits per heavy atom. The number of halogens is 3. The summed E-state index contributed by atoms with van der Waals surface area (Å²) in [5.41, 5.74) is 8.19. The Balaban J connectivity index is 1.65. The third kappa shape index (κ3) is 4.65. The molecule has 0 bridgehead atoms. The van der Waals surface area contributed by atoms with Gasteiger partial charge in [0.05, 0.1) is 16.4 Å². The Hall–Kier alpha value is -2.05. The maximum atomic E-state index is 13.5. The van der Waals surface area contributed by atoms with Gasteiger partial charge in [-0.05, 0) is 68.0 Å². The second kappa shape index (κ2) is 9.67. The molecule has 5 rings (SSSR count). The highest BCUT2D eigenvalue weighted by atomic mass is 35.5. The fourth-order valence-corrected chi connectivity index (χ4v) is 5.46. The summed E-state index contributed by atoms with van der Waals surface area (Å²) >= 11 is 19.1. The molecule has 2 aliphatic rings. The number of benzene rings is 2. The fourth-order valence-electron chi connectivity index (χ4n) is 4.80. The number of amides is 1. The van der Waals surface area contributed by atoms with Gasteiger partial charge in [-0.3, -0.25) is 10.2 Å². The van der Waals surface area contributed by atoms with Crippen LogP contribution in [0.15, 0.2) is 36.4 Å². The second-order valence-corrected chi connectivity index (χ2v) is 9.96. The van der Waals surface area contributed by atoms with Crippen molar-refractivity contribution in [2.75, 3.05) is 13.1 Å². The highest BCUT2D eigenvalue weighted by Crippen LogP contribution is 2.39. The average Bonchev–Trinajstić information content (AvgIpc) is 2.92. The molecule has 1 fully saturated rings. The molecule has 1 aromatic heterocycles. The highest BCUT2D eigenvalue weighted by Gasteiger charge is 2.29. The molecule has 1 N–H and O–H groups in total. The molecule has 3 aromatic rings. The van der Waals surface area contributed by atoms with Crippen molar-refractivity contribution in [1.29, 1.82) is 0 Å². The predicted molar refractivity (Wildman–Crippen MR) is 134 cm³/mol. The molecule has 172 valence electrons. The SMILES string of the molecule is O=C(NN1CCCCCC1)c1nn(-c2ccc(Cl)cc2Cl)c2c1CCCc1ccc(Cl)cc1-2. The number of carbonyl (C=O) groups is 1. The lowest BCUT2D eigenvalue weighted by atomic mass is 10.0. The van der Waals surface area contributed by atoms with Crippen LogP contribution in [-0.4, -0.2) is 33.8 Å². The Kier molecular flexibility index (Phi) is 6.66. The normalized spacial score (nSPS) is 16.5. The van der Waals surface area contributed by atoms with Gasteiger partial charge < -0.3 is 0 Å². The van der Waals surface area contributed by atoms with Crippen LogP contribution in [0.1, 0.15) is 53.7 Å². The van der Waals surface area contributed by atoms with Crippen LogP contribution < -0.4 is 5.43 Å². The Morgan fingerprint density at radius 3 is 2.36 bits per heavy atom. The number of nitrogens with zero attached hydrogens (tertiary/aromatic N) is 3. The van der Waals surface area contributed by atoms with Gasteiger partial charge in [-0.1, -0.05) is 53.7 Å². The van der Waals surface area contributed by atoms with Gasteiger partial charge in [0.25, 0.3) is 5.91 Å². The lowest BCUT2D eigenvalue weighted by molar-refractivity contribution is 0.0787. The Bertz CT molecular complexity index is 1200. The molecule has 0 saturated carbocycles. The van der Waals surface area contributed by atoms with E-state index in [1.807, 2.05) is 23.2 Å². The quantitative estimate of drug-likeness (QED) is 0.443. The minimum Gasteiger partial charge on any atom is -0.283 e. The molecule has 2 aromatic carbocycles. The van der Waals surface area contributed by atoms with Crippen molar-refractivity contribution in [3.63, 3.8) is 0 Å². The molecule has 8 heteroatoms. The summed E-state index contributed by atoms with van der Waals surface area (Å²) < 4.78 is 1.78. The van der Waals surface area contributed by atoms with E-state index < -0.39 is 0 Å². The smallest absolute Gasteiger partial charge is 0.283 e. The molecular weight excluding hydrogens is 479 g/mol. The van der Waals surface area contributed by atoms with E-state index in [1.54, 1.807) is 16.8 Å². The van der Waals surface area contributed by atoms with Crippen LogP contribution in [0.4, 0.5) is 0 Å². The monoisotopic (exact) mass is 502 g/mol. The predicted octanol–water partition coefficient (Wildman–Crippen LogP) is 6.51. The lowest BCUT2D eigenvalue weighted by Crippen LogP contribution is -2.43. The largest absolute Gasteiger partial charge is 0.286 e. The number of aromatic nitrogens is 2. The van der Waals surface area contributed by atoms with Gasteiger partial charge in [0.1, 0.15) is 0 Å². The van der Waals surface area contributed by atoms with Gasteiger partial charge in [-0.2, -0.15) is 5.10 Å². The van der Waals surface area contributed by atoms with Crippen molar-refractivity contribution >= 4 is 40.7 Å². The number of carbonyl (C=O) groups excluding carboxylic acids is 1. The van der Waals surface area contributed by atoms with Crippen LogP contribution in [-0.2, 0) is 12.8 Å². The number of aryl methyl sites for hydroxylation is 1. The maximum Gasteiger partial charge on any atom is 0.286 e. The van der Waals surface area contributed by atoms with Gasteiger partial charge in [-0.25, -0.2) is 9.69 Å². The minimum atomic E-state index is -0.178. The minimum absolute atomic E-state index is 0.178. The van der Waals surface area contributed by atoms with Gasteiger partial charge in [0.15, 0.2) is 5.69 Å². The standard InChI is InChI=1S/C25H25Cl3N4O/c26-17-9-8-16-6-5-7-19-23(25(33)30-31-12-3-1-2-4-13-31)29-32(24(19)20(16)14-17)22-11-10-18(27)15-21(22)28/h8-11,14-15H,1-7,12-13H2,(H,30,33). The fraction of sp³-hybridized carbons (Fsp3) is 0.360. The van der Waals surface area contributed by atoms with Crippen LogP contribution in [0.5, 0.6) is 0 Å². The topological polar surface area (TPSA) is 50.2 Å². The third-order valence-electron chi connectivity index (χ3n) is 6.40. The van der Waals surface area contributed by atoms with Gasteiger partial charge in [0.2, 0.25) is 0 Å². The van der Waals surface area contributed by atoms with Crippen molar-refractivity contribution in [3.05, 3.63) is 68.3 Å². The Labute approximate surface area is 208 Å². The molecule has 0 spiro atoms. The molecule has 1 saturated heterocycles. The van der Waals surface area contributed by atoms with E-state index in [4.69, 9.17) is 39.9 Å². The van der Waals surface area contributed by atoms with Crippen molar-refractivity contribution in [2.24, 2.45) is 0 Å². The van der Waals surface area contributed by atoms with E-state index in [0.29, 0.717) is 26.4 Å². The summed E-state index contributed by atoms with van der Waals surface area (Å²) in [4.78, 5) is 13.5. The van der Waals surface area contributed by atoms with Crippen molar-refractivity contribution in [3.8, 4) is 16.9 Å². The first kappa shape index (κ1) is 22.7. The van der Waals surface area contributed by atoms with E-state index in [2.05, 4.69) is 11.5 Å². The van der Waals surface area contributed by atoms with Crippen molar-refractivity contribution in [2.45, 2.75) is 44.9 Å². The summed E-state index contributed by atoms with van der Waals surface area (Å²) in [6.45, 7) is 1.71. The zero-order chi connectivity index (χ0) is 22.9. The number of rotatable bonds is 3. The van der Waals surface area contributed by atoms with Crippen LogP contribution in [0, 0.1) is 0 Å². The molecule has 1 aliphatic heterocycles. The molecule has 1 aliphatic carbocycles. The molecular formula is C25H25Cl3N4O. The lowest BCUT2D eigenvalue weighted by Gasteiger charge is -2.20. The molecule has 0 atom stereocenters. The average molecular weight is 504 g/mol. The van der Waals surface area contributed by atoms with Gasteiger partial charge in [-0.15, -0.1) is 0 Å². The van der Waals surface area contributed by atoms with Crippen molar-refractivity contribution < 1.29 is 4.79 Å². The summed E-state index contributed by atoms with van der Waals surface area (Å²) in [7, 11) is 0. The van der Waals surface area contributed by atoms with E-state index in [-0.39, 0.29) is 5.91 Å². The number of hydrogen-bond acceptors (Lipinski definition) is 3. The molecule has 0 radical (unpaired) electrons. The van der Waals surface area contributed by atoms with Crippen molar-refractivity contribution in [1.82, 2.24) is 20.2 Å². The molecule has 2 heterocycles. The summed E-state index contributed by atoms with van der Waals surface area (Å²) in [6.07, 6.45) is 7.13. The maximum absolute atomic E-state index is 13.5.